The third-order valence-corrected chi connectivity index (χ3v) is 5.46. The van der Waals surface area contributed by atoms with Gasteiger partial charge in [0, 0.05) is 23.7 Å². The Labute approximate surface area is 162 Å². The molecular formula is C18H19ClN2O5S. The quantitative estimate of drug-likeness (QED) is 0.758. The number of anilines is 1. The van der Waals surface area contributed by atoms with Gasteiger partial charge in [-0.15, -0.1) is 0 Å². The van der Waals surface area contributed by atoms with Crippen molar-refractivity contribution in [2.75, 3.05) is 31.2 Å². The van der Waals surface area contributed by atoms with Crippen LogP contribution in [0.1, 0.15) is 15.9 Å². The van der Waals surface area contributed by atoms with Crippen molar-refractivity contribution >= 4 is 33.3 Å². The summed E-state index contributed by atoms with van der Waals surface area (Å²) < 4.78 is 34.1. The SMILES string of the molecule is NS(=O)(=O)c1ccc(N2CCOCC2)c(C(=O)OCc2ccccc2Cl)c1. The maximum Gasteiger partial charge on any atom is 0.340 e. The van der Waals surface area contributed by atoms with Gasteiger partial charge in [0.2, 0.25) is 10.0 Å². The van der Waals surface area contributed by atoms with Crippen LogP contribution >= 0.6 is 11.6 Å². The van der Waals surface area contributed by atoms with E-state index in [1.165, 1.54) is 12.1 Å². The zero-order chi connectivity index (χ0) is 19.4. The number of rotatable bonds is 5. The van der Waals surface area contributed by atoms with E-state index in [2.05, 4.69) is 0 Å². The number of carbonyl (C=O) groups is 1. The molecule has 27 heavy (non-hydrogen) atoms. The number of primary sulfonamides is 1. The molecule has 1 aliphatic rings. The number of hydrogen-bond acceptors (Lipinski definition) is 6. The van der Waals surface area contributed by atoms with E-state index in [1.807, 2.05) is 4.90 Å². The summed E-state index contributed by atoms with van der Waals surface area (Å²) in [5.74, 6) is -0.651. The Balaban J connectivity index is 1.90. The van der Waals surface area contributed by atoms with Crippen molar-refractivity contribution in [2.24, 2.45) is 5.14 Å². The highest BCUT2D eigenvalue weighted by atomic mass is 35.5. The Bertz CT molecular complexity index is 943. The van der Waals surface area contributed by atoms with Crippen LogP contribution in [0.25, 0.3) is 0 Å². The third kappa shape index (κ3) is 4.78. The van der Waals surface area contributed by atoms with Crippen molar-refractivity contribution in [3.63, 3.8) is 0 Å². The molecule has 3 rings (SSSR count). The van der Waals surface area contributed by atoms with Gasteiger partial charge in [0.1, 0.15) is 6.61 Å². The Morgan fingerprint density at radius 3 is 2.56 bits per heavy atom. The van der Waals surface area contributed by atoms with Crippen LogP contribution in [0.2, 0.25) is 5.02 Å². The number of hydrogen-bond donors (Lipinski definition) is 1. The second-order valence-corrected chi connectivity index (χ2v) is 7.96. The highest BCUT2D eigenvalue weighted by molar-refractivity contribution is 7.89. The maximum atomic E-state index is 12.7. The van der Waals surface area contributed by atoms with Crippen LogP contribution in [0.3, 0.4) is 0 Å². The first kappa shape index (κ1) is 19.6. The van der Waals surface area contributed by atoms with Crippen molar-refractivity contribution in [2.45, 2.75) is 11.5 Å². The summed E-state index contributed by atoms with van der Waals surface area (Å²) in [7, 11) is -3.95. The number of nitrogens with two attached hydrogens (primary N) is 1. The van der Waals surface area contributed by atoms with Gasteiger partial charge in [-0.05, 0) is 24.3 Å². The van der Waals surface area contributed by atoms with E-state index in [1.54, 1.807) is 30.3 Å². The Hall–Kier alpha value is -2.13. The molecule has 2 N–H and O–H groups in total. The third-order valence-electron chi connectivity index (χ3n) is 4.18. The van der Waals surface area contributed by atoms with E-state index in [0.29, 0.717) is 42.6 Å². The normalized spacial score (nSPS) is 14.8. The molecule has 0 aromatic heterocycles. The van der Waals surface area contributed by atoms with Crippen molar-refractivity contribution in [1.29, 1.82) is 0 Å². The summed E-state index contributed by atoms with van der Waals surface area (Å²) in [5, 5.41) is 5.69. The largest absolute Gasteiger partial charge is 0.457 e. The Morgan fingerprint density at radius 2 is 1.89 bits per heavy atom. The predicted octanol–water partition coefficient (Wildman–Crippen LogP) is 2.18. The van der Waals surface area contributed by atoms with Crippen molar-refractivity contribution in [3.8, 4) is 0 Å². The van der Waals surface area contributed by atoms with E-state index in [0.717, 1.165) is 0 Å². The molecule has 0 atom stereocenters. The van der Waals surface area contributed by atoms with E-state index in [4.69, 9.17) is 26.2 Å². The summed E-state index contributed by atoms with van der Waals surface area (Å²) in [6.07, 6.45) is 0. The molecule has 0 spiro atoms. The zero-order valence-corrected chi connectivity index (χ0v) is 16.0. The Morgan fingerprint density at radius 1 is 1.19 bits per heavy atom. The number of sulfonamides is 1. The lowest BCUT2D eigenvalue weighted by atomic mass is 10.1. The van der Waals surface area contributed by atoms with E-state index in [9.17, 15) is 13.2 Å². The van der Waals surface area contributed by atoms with Crippen LogP contribution < -0.4 is 10.0 Å². The van der Waals surface area contributed by atoms with Crippen LogP contribution in [0.4, 0.5) is 5.69 Å². The molecule has 7 nitrogen and oxygen atoms in total. The van der Waals surface area contributed by atoms with Gasteiger partial charge in [-0.25, -0.2) is 18.4 Å². The van der Waals surface area contributed by atoms with Gasteiger partial charge >= 0.3 is 5.97 Å². The van der Waals surface area contributed by atoms with Gasteiger partial charge in [0.05, 0.1) is 29.4 Å². The minimum absolute atomic E-state index is 0.0271. The summed E-state index contributed by atoms with van der Waals surface area (Å²) in [6, 6.07) is 11.2. The molecular weight excluding hydrogens is 392 g/mol. The minimum atomic E-state index is -3.95. The summed E-state index contributed by atoms with van der Waals surface area (Å²) in [4.78, 5) is 14.5. The smallest absolute Gasteiger partial charge is 0.340 e. The van der Waals surface area contributed by atoms with Gasteiger partial charge in [-0.3, -0.25) is 0 Å². The number of esters is 1. The molecule has 0 saturated carbocycles. The molecule has 0 radical (unpaired) electrons. The molecule has 0 unspecified atom stereocenters. The molecule has 0 bridgehead atoms. The van der Waals surface area contributed by atoms with Gasteiger partial charge < -0.3 is 14.4 Å². The lowest BCUT2D eigenvalue weighted by molar-refractivity contribution is 0.0472. The highest BCUT2D eigenvalue weighted by Crippen LogP contribution is 2.26. The lowest BCUT2D eigenvalue weighted by Crippen LogP contribution is -2.37. The van der Waals surface area contributed by atoms with E-state index >= 15 is 0 Å². The van der Waals surface area contributed by atoms with Crippen LogP contribution in [0, 0.1) is 0 Å². The Kier molecular flexibility index (Phi) is 6.01. The maximum absolute atomic E-state index is 12.7. The minimum Gasteiger partial charge on any atom is -0.457 e. The summed E-state index contributed by atoms with van der Waals surface area (Å²) >= 11 is 6.08. The summed E-state index contributed by atoms with van der Waals surface area (Å²) in [5.41, 5.74) is 1.37. The van der Waals surface area contributed by atoms with Crippen molar-refractivity contribution in [3.05, 3.63) is 58.6 Å². The molecule has 2 aromatic carbocycles. The van der Waals surface area contributed by atoms with Crippen LogP contribution in [-0.4, -0.2) is 40.7 Å². The molecule has 0 amide bonds. The van der Waals surface area contributed by atoms with Gasteiger partial charge in [0.15, 0.2) is 0 Å². The molecule has 9 heteroatoms. The predicted molar refractivity (Wildman–Crippen MR) is 101 cm³/mol. The van der Waals surface area contributed by atoms with Crippen LogP contribution in [0.15, 0.2) is 47.4 Å². The number of morpholine rings is 1. The zero-order valence-electron chi connectivity index (χ0n) is 14.4. The van der Waals surface area contributed by atoms with Crippen LogP contribution in [-0.2, 0) is 26.1 Å². The second-order valence-electron chi connectivity index (χ2n) is 5.99. The molecule has 0 aliphatic carbocycles. The first-order valence-electron chi connectivity index (χ1n) is 8.26. The number of ether oxygens (including phenoxy) is 2. The fourth-order valence-electron chi connectivity index (χ4n) is 2.77. The molecule has 1 fully saturated rings. The van der Waals surface area contributed by atoms with Crippen molar-refractivity contribution in [1.82, 2.24) is 0 Å². The fourth-order valence-corrected chi connectivity index (χ4v) is 3.50. The van der Waals surface area contributed by atoms with E-state index < -0.39 is 16.0 Å². The molecule has 1 aliphatic heterocycles. The molecule has 2 aromatic rings. The number of carbonyl (C=O) groups excluding carboxylic acids is 1. The molecule has 1 saturated heterocycles. The molecule has 1 heterocycles. The van der Waals surface area contributed by atoms with Gasteiger partial charge in [-0.2, -0.15) is 0 Å². The van der Waals surface area contributed by atoms with Crippen molar-refractivity contribution < 1.29 is 22.7 Å². The van der Waals surface area contributed by atoms with Crippen LogP contribution in [0.5, 0.6) is 0 Å². The van der Waals surface area contributed by atoms with Gasteiger partial charge in [-0.1, -0.05) is 29.8 Å². The number of halogens is 1. The lowest BCUT2D eigenvalue weighted by Gasteiger charge is -2.30. The summed E-state index contributed by atoms with van der Waals surface area (Å²) in [6.45, 7) is 2.18. The fraction of sp³-hybridized carbons (Fsp3) is 0.278. The monoisotopic (exact) mass is 410 g/mol. The van der Waals surface area contributed by atoms with E-state index in [-0.39, 0.29) is 17.1 Å². The first-order chi connectivity index (χ1) is 12.9. The molecule has 144 valence electrons. The standard InChI is InChI=1S/C18H19ClN2O5S/c19-16-4-2-1-3-13(16)12-26-18(22)15-11-14(27(20,23)24)5-6-17(15)21-7-9-25-10-8-21/h1-6,11H,7-10,12H2,(H2,20,23,24). The highest BCUT2D eigenvalue weighted by Gasteiger charge is 2.23. The number of nitrogens with zero attached hydrogens (tertiary/aromatic N) is 1. The average molecular weight is 411 g/mol. The topological polar surface area (TPSA) is 98.9 Å². The average Bonchev–Trinajstić information content (AvgIpc) is 2.66. The van der Waals surface area contributed by atoms with Gasteiger partial charge in [0.25, 0.3) is 0 Å². The first-order valence-corrected chi connectivity index (χ1v) is 10.2. The number of benzene rings is 2. The second kappa shape index (κ2) is 8.26.